The topological polar surface area (TPSA) is 49.8 Å². The Morgan fingerprint density at radius 3 is 2.41 bits per heavy atom. The molecule has 144 valence electrons. The van der Waals surface area contributed by atoms with E-state index in [0.29, 0.717) is 23.9 Å². The van der Waals surface area contributed by atoms with E-state index in [1.54, 1.807) is 31.2 Å². The highest BCUT2D eigenvalue weighted by atomic mass is 16.5. The molecule has 1 saturated carbocycles. The van der Waals surface area contributed by atoms with Gasteiger partial charge in [-0.1, -0.05) is 30.3 Å². The maximum Gasteiger partial charge on any atom is 0.159 e. The summed E-state index contributed by atoms with van der Waals surface area (Å²) >= 11 is 0. The molecule has 0 aromatic heterocycles. The van der Waals surface area contributed by atoms with Crippen LogP contribution in [0.3, 0.4) is 0 Å². The van der Waals surface area contributed by atoms with E-state index < -0.39 is 6.10 Å². The summed E-state index contributed by atoms with van der Waals surface area (Å²) in [6.07, 6.45) is 1.99. The molecule has 1 aliphatic carbocycles. The monoisotopic (exact) mass is 367 g/mol. The Hall–Kier alpha value is -2.17. The molecule has 2 aromatic carbocycles. The number of ketones is 1. The largest absolute Gasteiger partial charge is 0.491 e. The van der Waals surface area contributed by atoms with Gasteiger partial charge in [-0.25, -0.2) is 0 Å². The van der Waals surface area contributed by atoms with Crippen molar-refractivity contribution in [2.75, 3.05) is 13.2 Å². The number of carbonyl (C=O) groups excluding carboxylic acids is 1. The van der Waals surface area contributed by atoms with Crippen LogP contribution in [0, 0.1) is 5.92 Å². The zero-order valence-electron chi connectivity index (χ0n) is 16.2. The first-order valence-corrected chi connectivity index (χ1v) is 9.73. The van der Waals surface area contributed by atoms with Crippen LogP contribution in [0.1, 0.15) is 42.6 Å². The predicted octanol–water partition coefficient (Wildman–Crippen LogP) is 3.93. The SMILES string of the molecule is CC(=O)c1ccc(OCC(O)CN(Cc2ccccc2)C(C)C2CC2)cc1. The van der Waals surface area contributed by atoms with E-state index in [1.807, 2.05) is 6.07 Å². The number of aliphatic hydroxyl groups is 1. The molecule has 0 aliphatic heterocycles. The molecular weight excluding hydrogens is 338 g/mol. The highest BCUT2D eigenvalue weighted by molar-refractivity contribution is 5.94. The molecule has 0 bridgehead atoms. The summed E-state index contributed by atoms with van der Waals surface area (Å²) < 4.78 is 5.72. The third-order valence-corrected chi connectivity index (χ3v) is 5.26. The molecule has 0 radical (unpaired) electrons. The van der Waals surface area contributed by atoms with E-state index >= 15 is 0 Å². The van der Waals surface area contributed by atoms with Crippen molar-refractivity contribution in [1.29, 1.82) is 0 Å². The second-order valence-electron chi connectivity index (χ2n) is 7.54. The number of nitrogens with zero attached hydrogens (tertiary/aromatic N) is 1. The summed E-state index contributed by atoms with van der Waals surface area (Å²) in [6.45, 7) is 5.46. The van der Waals surface area contributed by atoms with Gasteiger partial charge >= 0.3 is 0 Å². The smallest absolute Gasteiger partial charge is 0.159 e. The molecule has 27 heavy (non-hydrogen) atoms. The molecule has 0 amide bonds. The molecule has 0 saturated heterocycles. The van der Waals surface area contributed by atoms with Gasteiger partial charge in [0, 0.05) is 24.7 Å². The fraction of sp³-hybridized carbons (Fsp3) is 0.435. The predicted molar refractivity (Wildman–Crippen MR) is 107 cm³/mol. The van der Waals surface area contributed by atoms with Gasteiger partial charge in [-0.15, -0.1) is 0 Å². The molecule has 1 N–H and O–H groups in total. The van der Waals surface area contributed by atoms with Gasteiger partial charge in [-0.2, -0.15) is 0 Å². The van der Waals surface area contributed by atoms with Crippen molar-refractivity contribution in [2.45, 2.75) is 45.4 Å². The quantitative estimate of drug-likeness (QED) is 0.647. The molecule has 3 rings (SSSR count). The average molecular weight is 367 g/mol. The standard InChI is InChI=1S/C23H29NO3/c1-17(20-8-9-20)24(14-19-6-4-3-5-7-19)15-22(26)16-27-23-12-10-21(11-13-23)18(2)25/h3-7,10-13,17,20,22,26H,8-9,14-16H2,1-2H3. The third kappa shape index (κ3) is 5.91. The maximum atomic E-state index is 11.3. The molecule has 2 atom stereocenters. The number of benzene rings is 2. The minimum absolute atomic E-state index is 0.0344. The lowest BCUT2D eigenvalue weighted by molar-refractivity contribution is 0.0472. The van der Waals surface area contributed by atoms with Gasteiger partial charge in [0.2, 0.25) is 0 Å². The van der Waals surface area contributed by atoms with E-state index in [9.17, 15) is 9.90 Å². The summed E-state index contributed by atoms with van der Waals surface area (Å²) in [7, 11) is 0. The van der Waals surface area contributed by atoms with Crippen LogP contribution in [0.15, 0.2) is 54.6 Å². The van der Waals surface area contributed by atoms with Crippen molar-refractivity contribution in [3.05, 3.63) is 65.7 Å². The number of aliphatic hydroxyl groups excluding tert-OH is 1. The van der Waals surface area contributed by atoms with Crippen LogP contribution in [0.2, 0.25) is 0 Å². The number of rotatable bonds is 10. The van der Waals surface area contributed by atoms with Crippen molar-refractivity contribution in [3.63, 3.8) is 0 Å². The van der Waals surface area contributed by atoms with Gasteiger partial charge in [0.05, 0.1) is 0 Å². The Morgan fingerprint density at radius 1 is 1.15 bits per heavy atom. The first-order valence-electron chi connectivity index (χ1n) is 9.73. The van der Waals surface area contributed by atoms with E-state index in [-0.39, 0.29) is 12.4 Å². The Morgan fingerprint density at radius 2 is 1.81 bits per heavy atom. The van der Waals surface area contributed by atoms with E-state index in [4.69, 9.17) is 4.74 Å². The fourth-order valence-corrected chi connectivity index (χ4v) is 3.37. The van der Waals surface area contributed by atoms with E-state index in [1.165, 1.54) is 18.4 Å². The molecule has 1 aliphatic rings. The fourth-order valence-electron chi connectivity index (χ4n) is 3.37. The van der Waals surface area contributed by atoms with Crippen LogP contribution in [-0.4, -0.2) is 41.1 Å². The zero-order valence-corrected chi connectivity index (χ0v) is 16.2. The lowest BCUT2D eigenvalue weighted by atomic mass is 10.1. The summed E-state index contributed by atoms with van der Waals surface area (Å²) in [5.74, 6) is 1.44. The van der Waals surface area contributed by atoms with E-state index in [0.717, 1.165) is 12.5 Å². The van der Waals surface area contributed by atoms with Crippen LogP contribution >= 0.6 is 0 Å². The Balaban J connectivity index is 1.55. The van der Waals surface area contributed by atoms with Crippen LogP contribution in [0.4, 0.5) is 0 Å². The zero-order chi connectivity index (χ0) is 19.2. The number of ether oxygens (including phenoxy) is 1. The number of carbonyl (C=O) groups is 1. The summed E-state index contributed by atoms with van der Waals surface area (Å²) in [6, 6.07) is 17.9. The highest BCUT2D eigenvalue weighted by Crippen LogP contribution is 2.35. The Kier molecular flexibility index (Phi) is 6.64. The molecule has 1 fully saturated rings. The number of Topliss-reactive ketones (excluding diaryl/α,β-unsaturated/α-hetero) is 1. The third-order valence-electron chi connectivity index (χ3n) is 5.26. The van der Waals surface area contributed by atoms with Crippen LogP contribution in [0.25, 0.3) is 0 Å². The van der Waals surface area contributed by atoms with Crippen molar-refractivity contribution < 1.29 is 14.6 Å². The van der Waals surface area contributed by atoms with Crippen molar-refractivity contribution in [1.82, 2.24) is 4.90 Å². The molecule has 0 heterocycles. The Bertz CT molecular complexity index is 725. The van der Waals surface area contributed by atoms with Crippen LogP contribution in [0.5, 0.6) is 5.75 Å². The van der Waals surface area contributed by atoms with Gasteiger partial charge in [0.25, 0.3) is 0 Å². The first-order chi connectivity index (χ1) is 13.0. The van der Waals surface area contributed by atoms with Gasteiger partial charge in [-0.05, 0) is 62.4 Å². The highest BCUT2D eigenvalue weighted by Gasteiger charge is 2.32. The summed E-state index contributed by atoms with van der Waals surface area (Å²) in [4.78, 5) is 13.7. The first kappa shape index (κ1) is 19.6. The van der Waals surface area contributed by atoms with E-state index in [2.05, 4.69) is 36.1 Å². The Labute approximate surface area is 161 Å². The summed E-state index contributed by atoms with van der Waals surface area (Å²) in [5, 5.41) is 10.5. The van der Waals surface area contributed by atoms with Crippen molar-refractivity contribution in [2.24, 2.45) is 5.92 Å². The van der Waals surface area contributed by atoms with Gasteiger partial charge < -0.3 is 9.84 Å². The minimum atomic E-state index is -0.567. The van der Waals surface area contributed by atoms with Crippen LogP contribution < -0.4 is 4.74 Å². The van der Waals surface area contributed by atoms with Gasteiger partial charge in [0.1, 0.15) is 18.5 Å². The van der Waals surface area contributed by atoms with Crippen molar-refractivity contribution >= 4 is 5.78 Å². The second-order valence-corrected chi connectivity index (χ2v) is 7.54. The lowest BCUT2D eigenvalue weighted by Crippen LogP contribution is -2.41. The second kappa shape index (κ2) is 9.16. The maximum absolute atomic E-state index is 11.3. The number of hydrogen-bond acceptors (Lipinski definition) is 4. The van der Waals surface area contributed by atoms with Gasteiger partial charge in [-0.3, -0.25) is 9.69 Å². The normalized spacial score (nSPS) is 16.1. The average Bonchev–Trinajstić information content (AvgIpc) is 3.52. The summed E-state index contributed by atoms with van der Waals surface area (Å²) in [5.41, 5.74) is 1.92. The molecule has 0 spiro atoms. The molecular formula is C23H29NO3. The molecule has 4 nitrogen and oxygen atoms in total. The van der Waals surface area contributed by atoms with Crippen LogP contribution in [-0.2, 0) is 6.54 Å². The molecule has 2 aromatic rings. The molecule has 2 unspecified atom stereocenters. The van der Waals surface area contributed by atoms with Crippen molar-refractivity contribution in [3.8, 4) is 5.75 Å². The minimum Gasteiger partial charge on any atom is -0.491 e. The number of hydrogen-bond donors (Lipinski definition) is 1. The van der Waals surface area contributed by atoms with Gasteiger partial charge in [0.15, 0.2) is 5.78 Å². The molecule has 4 heteroatoms. The lowest BCUT2D eigenvalue weighted by Gasteiger charge is -2.31.